The number of hydrogen-bond donors (Lipinski definition) is 1. The molecule has 1 N–H and O–H groups in total. The van der Waals surface area contributed by atoms with Crippen molar-refractivity contribution in [1.29, 1.82) is 0 Å². The number of benzene rings is 2. The fourth-order valence-corrected chi connectivity index (χ4v) is 2.85. The molecule has 0 aliphatic rings. The minimum atomic E-state index is -0.0377. The van der Waals surface area contributed by atoms with E-state index >= 15 is 0 Å². The number of ether oxygens (including phenoxy) is 1. The summed E-state index contributed by atoms with van der Waals surface area (Å²) in [5.74, 6) is 0.727. The third kappa shape index (κ3) is 5.46. The van der Waals surface area contributed by atoms with Gasteiger partial charge in [0.2, 0.25) is 0 Å². The van der Waals surface area contributed by atoms with Crippen LogP contribution in [-0.2, 0) is 0 Å². The molecule has 0 spiro atoms. The minimum Gasteiger partial charge on any atom is -0.494 e. The average Bonchev–Trinajstić information content (AvgIpc) is 2.64. The average molecular weight is 342 g/mol. The molecule has 0 aliphatic carbocycles. The number of hydrogen-bond acceptors (Lipinski definition) is 3. The molecule has 0 radical (unpaired) electrons. The maximum Gasteiger partial charge on any atom is 0.252 e. The van der Waals surface area contributed by atoms with Gasteiger partial charge in [0.1, 0.15) is 5.75 Å². The van der Waals surface area contributed by atoms with E-state index in [9.17, 15) is 4.79 Å². The number of amides is 1. The Labute approximate surface area is 151 Å². The molecule has 2 aromatic rings. The summed E-state index contributed by atoms with van der Waals surface area (Å²) in [6, 6.07) is 11.8. The fraction of sp³-hybridized carbons (Fsp3) is 0.476. The quantitative estimate of drug-likeness (QED) is 0.661. The lowest BCUT2D eigenvalue weighted by Crippen LogP contribution is -2.34. The van der Waals surface area contributed by atoms with Gasteiger partial charge in [-0.05, 0) is 42.4 Å². The van der Waals surface area contributed by atoms with Crippen molar-refractivity contribution in [2.24, 2.45) is 0 Å². The van der Waals surface area contributed by atoms with Crippen LogP contribution in [0.15, 0.2) is 36.4 Å². The van der Waals surface area contributed by atoms with Gasteiger partial charge in [-0.25, -0.2) is 0 Å². The number of carbonyl (C=O) groups excluding carboxylic acids is 1. The Hall–Kier alpha value is -2.07. The molecule has 136 valence electrons. The molecule has 0 aliphatic heterocycles. The standard InChI is InChI=1S/C21H30N2O2/c1-4-7-14-25-18-15-17-10-8-9-11-19(17)20(16-18)21(24)22-12-13-23(5-2)6-3/h8-11,15-16H,4-7,12-14H2,1-3H3,(H,22,24). The van der Waals surface area contributed by atoms with E-state index in [-0.39, 0.29) is 5.91 Å². The van der Waals surface area contributed by atoms with Crippen molar-refractivity contribution in [2.45, 2.75) is 33.6 Å². The lowest BCUT2D eigenvalue weighted by atomic mass is 10.0. The SMILES string of the molecule is CCCCOc1cc(C(=O)NCCN(CC)CC)c2ccccc2c1. The second-order valence-electron chi connectivity index (χ2n) is 6.18. The molecule has 4 heteroatoms. The van der Waals surface area contributed by atoms with E-state index in [1.54, 1.807) is 0 Å². The van der Waals surface area contributed by atoms with Crippen molar-refractivity contribution in [1.82, 2.24) is 10.2 Å². The first kappa shape index (κ1) is 19.3. The van der Waals surface area contributed by atoms with Crippen LogP contribution in [0.5, 0.6) is 5.75 Å². The third-order valence-electron chi connectivity index (χ3n) is 4.45. The second-order valence-corrected chi connectivity index (χ2v) is 6.18. The van der Waals surface area contributed by atoms with Gasteiger partial charge < -0.3 is 15.0 Å². The summed E-state index contributed by atoms with van der Waals surface area (Å²) in [5, 5.41) is 5.04. The molecule has 0 fully saturated rings. The van der Waals surface area contributed by atoms with Crippen LogP contribution in [-0.4, -0.2) is 43.6 Å². The molecule has 2 aromatic carbocycles. The fourth-order valence-electron chi connectivity index (χ4n) is 2.85. The van der Waals surface area contributed by atoms with Crippen LogP contribution in [0.25, 0.3) is 10.8 Å². The Balaban J connectivity index is 2.15. The highest BCUT2D eigenvalue weighted by Gasteiger charge is 2.12. The second kappa shape index (κ2) is 10.0. The van der Waals surface area contributed by atoms with E-state index in [4.69, 9.17) is 4.74 Å². The van der Waals surface area contributed by atoms with Crippen LogP contribution in [0.3, 0.4) is 0 Å². The number of likely N-dealkylation sites (N-methyl/N-ethyl adjacent to an activating group) is 1. The van der Waals surface area contributed by atoms with Crippen LogP contribution < -0.4 is 10.1 Å². The van der Waals surface area contributed by atoms with Gasteiger partial charge in [0.15, 0.2) is 0 Å². The van der Waals surface area contributed by atoms with E-state index in [1.807, 2.05) is 36.4 Å². The molecule has 0 saturated heterocycles. The molecule has 2 rings (SSSR count). The van der Waals surface area contributed by atoms with Gasteiger partial charge in [-0.2, -0.15) is 0 Å². The molecular weight excluding hydrogens is 312 g/mol. The van der Waals surface area contributed by atoms with Crippen molar-refractivity contribution in [2.75, 3.05) is 32.8 Å². The molecule has 0 unspecified atom stereocenters. The summed E-state index contributed by atoms with van der Waals surface area (Å²) in [5.41, 5.74) is 0.684. The first-order valence-corrected chi connectivity index (χ1v) is 9.35. The molecule has 0 heterocycles. The number of rotatable bonds is 10. The first-order valence-electron chi connectivity index (χ1n) is 9.35. The number of nitrogens with one attached hydrogen (secondary N) is 1. The summed E-state index contributed by atoms with van der Waals surface area (Å²) >= 11 is 0. The zero-order chi connectivity index (χ0) is 18.1. The van der Waals surface area contributed by atoms with E-state index in [0.717, 1.165) is 49.0 Å². The number of unbranched alkanes of at least 4 members (excludes halogenated alkanes) is 1. The topological polar surface area (TPSA) is 41.6 Å². The van der Waals surface area contributed by atoms with Gasteiger partial charge in [0, 0.05) is 13.1 Å². The predicted octanol–water partition coefficient (Wildman–Crippen LogP) is 4.09. The van der Waals surface area contributed by atoms with E-state index in [0.29, 0.717) is 18.7 Å². The molecule has 4 nitrogen and oxygen atoms in total. The van der Waals surface area contributed by atoms with Crippen molar-refractivity contribution >= 4 is 16.7 Å². The van der Waals surface area contributed by atoms with Crippen LogP contribution in [0.4, 0.5) is 0 Å². The van der Waals surface area contributed by atoms with E-state index in [2.05, 4.69) is 31.0 Å². The molecule has 25 heavy (non-hydrogen) atoms. The summed E-state index contributed by atoms with van der Waals surface area (Å²) in [6.07, 6.45) is 2.10. The lowest BCUT2D eigenvalue weighted by molar-refractivity contribution is 0.0950. The highest BCUT2D eigenvalue weighted by molar-refractivity contribution is 6.07. The van der Waals surface area contributed by atoms with E-state index in [1.165, 1.54) is 0 Å². The maximum atomic E-state index is 12.7. The van der Waals surface area contributed by atoms with Gasteiger partial charge in [-0.15, -0.1) is 0 Å². The van der Waals surface area contributed by atoms with Crippen molar-refractivity contribution in [3.8, 4) is 5.75 Å². The van der Waals surface area contributed by atoms with Crippen LogP contribution in [0.2, 0.25) is 0 Å². The maximum absolute atomic E-state index is 12.7. The first-order chi connectivity index (χ1) is 12.2. The number of nitrogens with zero attached hydrogens (tertiary/aromatic N) is 1. The Morgan fingerprint density at radius 1 is 1.12 bits per heavy atom. The molecule has 0 saturated carbocycles. The zero-order valence-electron chi connectivity index (χ0n) is 15.7. The Morgan fingerprint density at radius 2 is 1.88 bits per heavy atom. The minimum absolute atomic E-state index is 0.0377. The zero-order valence-corrected chi connectivity index (χ0v) is 15.7. The lowest BCUT2D eigenvalue weighted by Gasteiger charge is -2.18. The van der Waals surface area contributed by atoms with Crippen LogP contribution >= 0.6 is 0 Å². The Bertz CT molecular complexity index is 681. The summed E-state index contributed by atoms with van der Waals surface area (Å²) in [6.45, 7) is 10.6. The monoisotopic (exact) mass is 342 g/mol. The van der Waals surface area contributed by atoms with Crippen molar-refractivity contribution in [3.05, 3.63) is 42.0 Å². The van der Waals surface area contributed by atoms with Crippen molar-refractivity contribution < 1.29 is 9.53 Å². The van der Waals surface area contributed by atoms with Crippen LogP contribution in [0, 0.1) is 0 Å². The van der Waals surface area contributed by atoms with E-state index < -0.39 is 0 Å². The molecule has 0 atom stereocenters. The summed E-state index contributed by atoms with van der Waals surface area (Å²) in [7, 11) is 0. The molecule has 0 aromatic heterocycles. The highest BCUT2D eigenvalue weighted by atomic mass is 16.5. The molecular formula is C21H30N2O2. The number of fused-ring (bicyclic) bond motifs is 1. The smallest absolute Gasteiger partial charge is 0.252 e. The van der Waals surface area contributed by atoms with Gasteiger partial charge in [-0.3, -0.25) is 4.79 Å². The van der Waals surface area contributed by atoms with Gasteiger partial charge in [0.05, 0.1) is 12.2 Å². The van der Waals surface area contributed by atoms with Gasteiger partial charge in [0.25, 0.3) is 5.91 Å². The largest absolute Gasteiger partial charge is 0.494 e. The van der Waals surface area contributed by atoms with Gasteiger partial charge >= 0.3 is 0 Å². The molecule has 0 bridgehead atoms. The predicted molar refractivity (Wildman–Crippen MR) is 104 cm³/mol. The third-order valence-corrected chi connectivity index (χ3v) is 4.45. The summed E-state index contributed by atoms with van der Waals surface area (Å²) in [4.78, 5) is 15.0. The number of carbonyl (C=O) groups is 1. The van der Waals surface area contributed by atoms with Gasteiger partial charge in [-0.1, -0.05) is 51.5 Å². The highest BCUT2D eigenvalue weighted by Crippen LogP contribution is 2.25. The van der Waals surface area contributed by atoms with Crippen LogP contribution in [0.1, 0.15) is 44.0 Å². The summed E-state index contributed by atoms with van der Waals surface area (Å²) < 4.78 is 5.83. The normalized spacial score (nSPS) is 11.0. The Morgan fingerprint density at radius 3 is 2.60 bits per heavy atom. The van der Waals surface area contributed by atoms with Crippen molar-refractivity contribution in [3.63, 3.8) is 0 Å². The molecule has 1 amide bonds. The Kier molecular flexibility index (Phi) is 7.74.